The number of rotatable bonds is 5. The highest BCUT2D eigenvalue weighted by Gasteiger charge is 2.35. The highest BCUT2D eigenvalue weighted by Crippen LogP contribution is 2.30. The predicted octanol–water partition coefficient (Wildman–Crippen LogP) is 4.16. The van der Waals surface area contributed by atoms with Crippen molar-refractivity contribution in [2.24, 2.45) is 0 Å². The number of fused-ring (bicyclic) bond motifs is 1. The Morgan fingerprint density at radius 2 is 1.94 bits per heavy atom. The number of benzene rings is 1. The molecule has 3 heterocycles. The number of nitrogens with one attached hydrogen (secondary N) is 1. The van der Waals surface area contributed by atoms with Crippen molar-refractivity contribution < 1.29 is 22.7 Å². The molecular formula is C21H19F3N6O2. The Morgan fingerprint density at radius 3 is 2.66 bits per heavy atom. The summed E-state index contributed by atoms with van der Waals surface area (Å²) >= 11 is 0. The summed E-state index contributed by atoms with van der Waals surface area (Å²) in [5.74, 6) is 0.0285. The maximum absolute atomic E-state index is 13.3. The quantitative estimate of drug-likeness (QED) is 0.500. The van der Waals surface area contributed by atoms with Crippen molar-refractivity contribution in [3.63, 3.8) is 0 Å². The molecule has 166 valence electrons. The zero-order chi connectivity index (χ0) is 23.0. The third kappa shape index (κ3) is 4.41. The van der Waals surface area contributed by atoms with E-state index in [4.69, 9.17) is 4.74 Å². The molecule has 0 atom stereocenters. The fraction of sp³-hybridized carbons (Fsp3) is 0.238. The Balaban J connectivity index is 1.48. The maximum Gasteiger partial charge on any atom is 0.433 e. The van der Waals surface area contributed by atoms with E-state index in [1.807, 2.05) is 32.0 Å². The van der Waals surface area contributed by atoms with Gasteiger partial charge >= 0.3 is 6.18 Å². The Kier molecular flexibility index (Phi) is 5.33. The molecule has 1 amide bonds. The van der Waals surface area contributed by atoms with E-state index in [9.17, 15) is 18.0 Å². The standard InChI is InChI=1S/C21H19F3N6O2/c1-12-4-5-17(13(2)6-12)32-11-29-10-15(9-25-29)27-20(31)16-8-19-26-14(3)7-18(21(22,23)24)30(19)28-16/h4-10H,11H2,1-3H3,(H,27,31). The largest absolute Gasteiger partial charge is 0.471 e. The fourth-order valence-corrected chi connectivity index (χ4v) is 3.20. The number of carbonyl (C=O) groups excluding carboxylic acids is 1. The van der Waals surface area contributed by atoms with Gasteiger partial charge in [0.15, 0.2) is 18.1 Å². The molecular weight excluding hydrogens is 425 g/mol. The molecule has 0 radical (unpaired) electrons. The van der Waals surface area contributed by atoms with Crippen LogP contribution in [0.25, 0.3) is 5.65 Å². The summed E-state index contributed by atoms with van der Waals surface area (Å²) in [7, 11) is 0. The lowest BCUT2D eigenvalue weighted by Gasteiger charge is -2.09. The first-order valence-electron chi connectivity index (χ1n) is 9.58. The van der Waals surface area contributed by atoms with Gasteiger partial charge in [0.05, 0.1) is 18.1 Å². The van der Waals surface area contributed by atoms with Crippen molar-refractivity contribution in [1.29, 1.82) is 0 Å². The van der Waals surface area contributed by atoms with E-state index in [1.54, 1.807) is 6.20 Å². The Labute approximate surface area is 180 Å². The van der Waals surface area contributed by atoms with Crippen LogP contribution in [0.15, 0.2) is 42.7 Å². The van der Waals surface area contributed by atoms with Gasteiger partial charge in [-0.1, -0.05) is 17.7 Å². The summed E-state index contributed by atoms with van der Waals surface area (Å²) in [4.78, 5) is 16.5. The van der Waals surface area contributed by atoms with E-state index in [0.29, 0.717) is 16.0 Å². The average Bonchev–Trinajstić information content (AvgIpc) is 3.32. The molecule has 0 fully saturated rings. The second-order valence-corrected chi connectivity index (χ2v) is 7.35. The molecule has 0 bridgehead atoms. The molecule has 0 saturated carbocycles. The van der Waals surface area contributed by atoms with Gasteiger partial charge in [-0.25, -0.2) is 14.2 Å². The highest BCUT2D eigenvalue weighted by atomic mass is 19.4. The number of amides is 1. The molecule has 0 aliphatic heterocycles. The van der Waals surface area contributed by atoms with Gasteiger partial charge in [0.2, 0.25) is 0 Å². The zero-order valence-electron chi connectivity index (χ0n) is 17.4. The van der Waals surface area contributed by atoms with E-state index in [1.165, 1.54) is 23.9 Å². The summed E-state index contributed by atoms with van der Waals surface area (Å²) in [6, 6.07) is 7.88. The van der Waals surface area contributed by atoms with Crippen LogP contribution < -0.4 is 10.1 Å². The van der Waals surface area contributed by atoms with Crippen LogP contribution >= 0.6 is 0 Å². The third-order valence-corrected chi connectivity index (χ3v) is 4.65. The number of halogens is 3. The van der Waals surface area contributed by atoms with E-state index in [2.05, 4.69) is 20.5 Å². The first kappa shape index (κ1) is 21.3. The molecule has 1 N–H and O–H groups in total. The monoisotopic (exact) mass is 444 g/mol. The van der Waals surface area contributed by atoms with Gasteiger partial charge in [0.25, 0.3) is 5.91 Å². The number of anilines is 1. The number of hydrogen-bond acceptors (Lipinski definition) is 5. The van der Waals surface area contributed by atoms with Gasteiger partial charge in [-0.3, -0.25) is 4.79 Å². The number of aromatic nitrogens is 5. The molecule has 3 aromatic heterocycles. The molecule has 0 aliphatic carbocycles. The molecule has 8 nitrogen and oxygen atoms in total. The molecule has 32 heavy (non-hydrogen) atoms. The van der Waals surface area contributed by atoms with Crippen molar-refractivity contribution in [1.82, 2.24) is 24.4 Å². The zero-order valence-corrected chi connectivity index (χ0v) is 17.4. The summed E-state index contributed by atoms with van der Waals surface area (Å²) in [6.07, 6.45) is -1.69. The Bertz CT molecular complexity index is 1310. The van der Waals surface area contributed by atoms with Crippen molar-refractivity contribution in [3.05, 3.63) is 70.9 Å². The molecule has 4 rings (SSSR count). The summed E-state index contributed by atoms with van der Waals surface area (Å²) < 4.78 is 47.7. The molecule has 0 unspecified atom stereocenters. The van der Waals surface area contributed by atoms with Crippen molar-refractivity contribution in [2.45, 2.75) is 33.7 Å². The van der Waals surface area contributed by atoms with E-state index in [0.717, 1.165) is 17.2 Å². The van der Waals surface area contributed by atoms with Crippen LogP contribution in [0.3, 0.4) is 0 Å². The lowest BCUT2D eigenvalue weighted by atomic mass is 10.1. The normalized spacial score (nSPS) is 11.7. The molecule has 0 saturated heterocycles. The van der Waals surface area contributed by atoms with E-state index < -0.39 is 17.8 Å². The average molecular weight is 444 g/mol. The van der Waals surface area contributed by atoms with Crippen LogP contribution in [0, 0.1) is 20.8 Å². The van der Waals surface area contributed by atoms with Crippen LogP contribution in [-0.4, -0.2) is 30.3 Å². The number of nitrogens with zero attached hydrogens (tertiary/aromatic N) is 5. The number of alkyl halides is 3. The SMILES string of the molecule is Cc1ccc(OCn2cc(NC(=O)c3cc4nc(C)cc(C(F)(F)F)n4n3)cn2)c(C)c1. The van der Waals surface area contributed by atoms with E-state index in [-0.39, 0.29) is 23.8 Å². The molecule has 0 spiro atoms. The number of ether oxygens (including phenoxy) is 1. The molecule has 0 aliphatic rings. The van der Waals surface area contributed by atoms with Crippen molar-refractivity contribution in [2.75, 3.05) is 5.32 Å². The van der Waals surface area contributed by atoms with Crippen molar-refractivity contribution >= 4 is 17.2 Å². The van der Waals surface area contributed by atoms with Crippen molar-refractivity contribution in [3.8, 4) is 5.75 Å². The van der Waals surface area contributed by atoms with Gasteiger partial charge in [0, 0.05) is 11.8 Å². The third-order valence-electron chi connectivity index (χ3n) is 4.65. The second-order valence-electron chi connectivity index (χ2n) is 7.35. The topological polar surface area (TPSA) is 86.3 Å². The Hall–Kier alpha value is -3.89. The number of carbonyl (C=O) groups is 1. The van der Waals surface area contributed by atoms with Crippen LogP contribution in [0.5, 0.6) is 5.75 Å². The van der Waals surface area contributed by atoms with Crippen LogP contribution in [-0.2, 0) is 12.9 Å². The lowest BCUT2D eigenvalue weighted by molar-refractivity contribution is -0.142. The number of aryl methyl sites for hydroxylation is 3. The molecule has 1 aromatic carbocycles. The molecule has 11 heteroatoms. The molecule has 4 aromatic rings. The van der Waals surface area contributed by atoms with Crippen LogP contribution in [0.1, 0.15) is 33.0 Å². The first-order valence-corrected chi connectivity index (χ1v) is 9.58. The van der Waals surface area contributed by atoms with Gasteiger partial charge in [0.1, 0.15) is 11.4 Å². The minimum absolute atomic E-state index is 0.0694. The van der Waals surface area contributed by atoms with Gasteiger partial charge in [-0.15, -0.1) is 0 Å². The van der Waals surface area contributed by atoms with Crippen LogP contribution in [0.2, 0.25) is 0 Å². The second kappa shape index (κ2) is 7.98. The van der Waals surface area contributed by atoms with Crippen LogP contribution in [0.4, 0.5) is 18.9 Å². The smallest absolute Gasteiger partial charge is 0.433 e. The predicted molar refractivity (Wildman–Crippen MR) is 109 cm³/mol. The first-order chi connectivity index (χ1) is 15.1. The minimum Gasteiger partial charge on any atom is -0.471 e. The summed E-state index contributed by atoms with van der Waals surface area (Å²) in [5.41, 5.74) is 1.35. The Morgan fingerprint density at radius 1 is 1.16 bits per heavy atom. The highest BCUT2D eigenvalue weighted by molar-refractivity contribution is 6.03. The summed E-state index contributed by atoms with van der Waals surface area (Å²) in [6.45, 7) is 5.48. The number of hydrogen-bond donors (Lipinski definition) is 1. The van der Waals surface area contributed by atoms with Gasteiger partial charge in [-0.2, -0.15) is 23.4 Å². The van der Waals surface area contributed by atoms with Gasteiger partial charge in [-0.05, 0) is 38.5 Å². The lowest BCUT2D eigenvalue weighted by Crippen LogP contribution is -2.15. The van der Waals surface area contributed by atoms with Gasteiger partial charge < -0.3 is 10.1 Å². The fourth-order valence-electron chi connectivity index (χ4n) is 3.20. The van der Waals surface area contributed by atoms with E-state index >= 15 is 0 Å². The maximum atomic E-state index is 13.3. The minimum atomic E-state index is -4.64. The summed E-state index contributed by atoms with van der Waals surface area (Å²) in [5, 5.41) is 10.5.